The summed E-state index contributed by atoms with van der Waals surface area (Å²) in [5.41, 5.74) is 3.41. The van der Waals surface area contributed by atoms with Gasteiger partial charge < -0.3 is 15.4 Å². The van der Waals surface area contributed by atoms with Crippen molar-refractivity contribution in [2.75, 3.05) is 25.0 Å². The Kier molecular flexibility index (Phi) is 17.6. The topological polar surface area (TPSA) is 87.7 Å². The lowest BCUT2D eigenvalue weighted by molar-refractivity contribution is -0.133. The number of carbonyl (C=O) groups is 3. The number of carbonyl (C=O) groups excluding carboxylic acids is 3. The van der Waals surface area contributed by atoms with Gasteiger partial charge in [-0.25, -0.2) is 4.79 Å². The lowest BCUT2D eigenvalue weighted by Gasteiger charge is -2.35. The molecule has 1 atom stereocenters. The molecule has 0 radical (unpaired) electrons. The zero-order valence-electron chi connectivity index (χ0n) is 30.5. The van der Waals surface area contributed by atoms with E-state index in [1.54, 1.807) is 24.3 Å². The summed E-state index contributed by atoms with van der Waals surface area (Å²) < 4.78 is 5.77. The van der Waals surface area contributed by atoms with Gasteiger partial charge >= 0.3 is 5.97 Å². The maximum Gasteiger partial charge on any atom is 0.330 e. The summed E-state index contributed by atoms with van der Waals surface area (Å²) in [6.07, 6.45) is 19.3. The van der Waals surface area contributed by atoms with Crippen molar-refractivity contribution in [3.05, 3.63) is 81.5 Å². The van der Waals surface area contributed by atoms with E-state index in [9.17, 15) is 14.4 Å². The highest BCUT2D eigenvalue weighted by atomic mass is 32.1. The number of fused-ring (bicyclic) bond motifs is 1. The smallest absolute Gasteiger partial charge is 0.330 e. The maximum absolute atomic E-state index is 12.8. The van der Waals surface area contributed by atoms with Crippen LogP contribution < -0.4 is 15.4 Å². The van der Waals surface area contributed by atoms with Crippen LogP contribution in [0, 0.1) is 0 Å². The molecule has 1 aliphatic carbocycles. The highest BCUT2D eigenvalue weighted by molar-refractivity contribution is 7.09. The number of anilines is 1. The first-order valence-corrected chi connectivity index (χ1v) is 20.1. The average molecular weight is 702 g/mol. The van der Waals surface area contributed by atoms with Crippen LogP contribution in [0.3, 0.4) is 0 Å². The van der Waals surface area contributed by atoms with Crippen molar-refractivity contribution in [1.29, 1.82) is 0 Å². The Bertz CT molecular complexity index is 1440. The van der Waals surface area contributed by atoms with Gasteiger partial charge in [0.15, 0.2) is 0 Å². The number of benzene rings is 2. The van der Waals surface area contributed by atoms with Gasteiger partial charge in [-0.15, -0.1) is 11.3 Å². The van der Waals surface area contributed by atoms with E-state index in [-0.39, 0.29) is 18.4 Å². The Labute approximate surface area is 304 Å². The molecule has 2 aromatic carbocycles. The Balaban J connectivity index is 1.14. The molecule has 1 heterocycles. The van der Waals surface area contributed by atoms with Gasteiger partial charge in [0.2, 0.25) is 5.91 Å². The third-order valence-corrected chi connectivity index (χ3v) is 10.7. The maximum atomic E-state index is 12.8. The Morgan fingerprint density at radius 3 is 2.22 bits per heavy atom. The number of nitrogens with zero attached hydrogens (tertiary/aromatic N) is 1. The molecule has 1 aromatic heterocycles. The van der Waals surface area contributed by atoms with E-state index >= 15 is 0 Å². The molecular formula is C42H59N3O4S. The molecule has 7 nitrogen and oxygen atoms in total. The monoisotopic (exact) mass is 701 g/mol. The lowest BCUT2D eigenvalue weighted by atomic mass is 9.86. The number of ether oxygens (including phenoxy) is 1. The van der Waals surface area contributed by atoms with E-state index in [1.807, 2.05) is 23.5 Å². The van der Waals surface area contributed by atoms with Crippen LogP contribution in [0.5, 0.6) is 5.75 Å². The Morgan fingerprint density at radius 1 is 0.820 bits per heavy atom. The minimum Gasteiger partial charge on any atom is -0.425 e. The van der Waals surface area contributed by atoms with Crippen molar-refractivity contribution in [2.24, 2.45) is 0 Å². The van der Waals surface area contributed by atoms with Crippen molar-refractivity contribution in [1.82, 2.24) is 10.2 Å². The van der Waals surface area contributed by atoms with E-state index in [0.717, 1.165) is 63.6 Å². The van der Waals surface area contributed by atoms with E-state index in [0.29, 0.717) is 29.5 Å². The summed E-state index contributed by atoms with van der Waals surface area (Å²) >= 11 is 1.82. The van der Waals surface area contributed by atoms with Crippen LogP contribution in [0.2, 0.25) is 0 Å². The second-order valence-electron chi connectivity index (χ2n) is 13.7. The highest BCUT2D eigenvalue weighted by Gasteiger charge is 2.26. The zero-order chi connectivity index (χ0) is 35.4. The summed E-state index contributed by atoms with van der Waals surface area (Å²) in [5, 5.41) is 7.75. The molecule has 0 bridgehead atoms. The second-order valence-corrected chi connectivity index (χ2v) is 14.8. The summed E-state index contributed by atoms with van der Waals surface area (Å²) in [5.74, 6) is -0.276. The van der Waals surface area contributed by atoms with Gasteiger partial charge in [-0.1, -0.05) is 96.3 Å². The molecule has 1 aliphatic rings. The van der Waals surface area contributed by atoms with Crippen molar-refractivity contribution in [3.63, 3.8) is 0 Å². The summed E-state index contributed by atoms with van der Waals surface area (Å²) in [4.78, 5) is 42.0. The molecule has 2 N–H and O–H groups in total. The number of rotatable bonds is 23. The Hall–Kier alpha value is -3.49. The van der Waals surface area contributed by atoms with Crippen molar-refractivity contribution < 1.29 is 19.1 Å². The Morgan fingerprint density at radius 2 is 1.54 bits per heavy atom. The van der Waals surface area contributed by atoms with E-state index in [1.165, 1.54) is 68.2 Å². The SMILES string of the molecule is CCCCCCCCCCCCCC(=O)Nc1ccc(C(=O)NCC(=O)Oc2cccc3c2CCC(N(CCC)CCc2cccs2)C3)cc1. The lowest BCUT2D eigenvalue weighted by Crippen LogP contribution is -2.41. The van der Waals surface area contributed by atoms with Crippen molar-refractivity contribution in [3.8, 4) is 5.75 Å². The van der Waals surface area contributed by atoms with Crippen LogP contribution in [0.15, 0.2) is 60.0 Å². The third kappa shape index (κ3) is 13.7. The van der Waals surface area contributed by atoms with Gasteiger partial charge in [-0.3, -0.25) is 14.5 Å². The molecular weight excluding hydrogens is 643 g/mol. The summed E-state index contributed by atoms with van der Waals surface area (Å²) in [7, 11) is 0. The second kappa shape index (κ2) is 22.4. The van der Waals surface area contributed by atoms with Gasteiger partial charge in [0.25, 0.3) is 5.91 Å². The van der Waals surface area contributed by atoms with Crippen LogP contribution in [0.25, 0.3) is 0 Å². The molecule has 0 saturated carbocycles. The van der Waals surface area contributed by atoms with Gasteiger partial charge in [-0.2, -0.15) is 0 Å². The molecule has 2 amide bonds. The molecule has 0 aliphatic heterocycles. The largest absolute Gasteiger partial charge is 0.425 e. The van der Waals surface area contributed by atoms with E-state index in [2.05, 4.69) is 53.0 Å². The molecule has 272 valence electrons. The van der Waals surface area contributed by atoms with E-state index in [4.69, 9.17) is 4.74 Å². The minimum absolute atomic E-state index is 0.00748. The summed E-state index contributed by atoms with van der Waals surface area (Å²) in [6.45, 7) is 6.40. The van der Waals surface area contributed by atoms with Crippen LogP contribution in [-0.2, 0) is 28.9 Å². The molecule has 4 rings (SSSR count). The molecule has 8 heteroatoms. The fraction of sp³-hybridized carbons (Fsp3) is 0.548. The van der Waals surface area contributed by atoms with Crippen LogP contribution in [0.1, 0.15) is 130 Å². The van der Waals surface area contributed by atoms with Crippen molar-refractivity contribution in [2.45, 2.75) is 129 Å². The van der Waals surface area contributed by atoms with Gasteiger partial charge in [0, 0.05) is 35.1 Å². The predicted molar refractivity (Wildman–Crippen MR) is 206 cm³/mol. The van der Waals surface area contributed by atoms with Gasteiger partial charge in [-0.05, 0) is 98.0 Å². The molecule has 0 spiro atoms. The fourth-order valence-electron chi connectivity index (χ4n) is 6.92. The molecule has 50 heavy (non-hydrogen) atoms. The minimum atomic E-state index is -0.497. The normalized spacial score (nSPS) is 13.9. The number of esters is 1. The first-order valence-electron chi connectivity index (χ1n) is 19.2. The fourth-order valence-corrected chi connectivity index (χ4v) is 7.62. The van der Waals surface area contributed by atoms with E-state index < -0.39 is 5.97 Å². The number of unbranched alkanes of at least 4 members (excludes halogenated alkanes) is 10. The standard InChI is InChI=1S/C42H59N3O4S/c1-3-5-6-7-8-9-10-11-12-13-14-20-40(46)44-35-23-21-33(22-24-35)42(48)43-32-41(47)49-39-19-15-17-34-31-36(25-26-38(34)39)45(28-4-2)29-27-37-18-16-30-50-37/h15-19,21-24,30,36H,3-14,20,25-29,31-32H2,1-2H3,(H,43,48)(H,44,46). The molecule has 0 fully saturated rings. The highest BCUT2D eigenvalue weighted by Crippen LogP contribution is 2.32. The van der Waals surface area contributed by atoms with Crippen LogP contribution in [0.4, 0.5) is 5.69 Å². The van der Waals surface area contributed by atoms with Gasteiger partial charge in [0.1, 0.15) is 12.3 Å². The molecule has 0 saturated heterocycles. The number of hydrogen-bond donors (Lipinski definition) is 2. The predicted octanol–water partition coefficient (Wildman–Crippen LogP) is 9.54. The zero-order valence-corrected chi connectivity index (χ0v) is 31.3. The van der Waals surface area contributed by atoms with Crippen molar-refractivity contribution >= 4 is 34.8 Å². The summed E-state index contributed by atoms with van der Waals surface area (Å²) in [6, 6.07) is 17.5. The van der Waals surface area contributed by atoms with Crippen LogP contribution >= 0.6 is 11.3 Å². The average Bonchev–Trinajstić information content (AvgIpc) is 3.65. The molecule has 3 aromatic rings. The third-order valence-electron chi connectivity index (χ3n) is 9.72. The number of amides is 2. The van der Waals surface area contributed by atoms with Crippen LogP contribution in [-0.4, -0.2) is 48.4 Å². The first kappa shape index (κ1) is 39.3. The number of thiophene rings is 1. The quantitative estimate of drug-likeness (QED) is 0.0584. The van der Waals surface area contributed by atoms with Gasteiger partial charge in [0.05, 0.1) is 0 Å². The number of hydrogen-bond acceptors (Lipinski definition) is 6. The number of nitrogens with one attached hydrogen (secondary N) is 2. The molecule has 1 unspecified atom stereocenters. The first-order chi connectivity index (χ1) is 24.5.